The van der Waals surface area contributed by atoms with Crippen LogP contribution < -0.4 is 10.5 Å². The first kappa shape index (κ1) is 20.4. The van der Waals surface area contributed by atoms with Crippen molar-refractivity contribution in [3.63, 3.8) is 0 Å². The van der Waals surface area contributed by atoms with E-state index in [4.69, 9.17) is 5.73 Å². The van der Waals surface area contributed by atoms with Crippen LogP contribution in [0.1, 0.15) is 42.7 Å². The lowest BCUT2D eigenvalue weighted by Crippen LogP contribution is -2.24. The molecule has 1 atom stereocenters. The third kappa shape index (κ3) is 5.60. The average Bonchev–Trinajstić information content (AvgIpc) is 2.73. The van der Waals surface area contributed by atoms with E-state index in [1.807, 2.05) is 24.3 Å². The van der Waals surface area contributed by atoms with Crippen LogP contribution in [0, 0.1) is 6.92 Å². The van der Waals surface area contributed by atoms with Crippen molar-refractivity contribution in [2.45, 2.75) is 43.4 Å². The molecule has 0 radical (unpaired) electrons. The van der Waals surface area contributed by atoms with Crippen LogP contribution in [-0.4, -0.2) is 12.5 Å². The lowest BCUT2D eigenvalue weighted by atomic mass is 9.91. The van der Waals surface area contributed by atoms with Gasteiger partial charge in [-0.2, -0.15) is 0 Å². The predicted molar refractivity (Wildman–Crippen MR) is 119 cm³/mol. The van der Waals surface area contributed by atoms with E-state index in [0.717, 1.165) is 36.1 Å². The fraction of sp³-hybridized carbons (Fsp3) is 0.292. The molecular weight excluding hydrogens is 364 g/mol. The Bertz CT molecular complexity index is 908. The Morgan fingerprint density at radius 3 is 2.46 bits per heavy atom. The van der Waals surface area contributed by atoms with Crippen molar-refractivity contribution < 1.29 is 4.79 Å². The van der Waals surface area contributed by atoms with Crippen LogP contribution in [0.3, 0.4) is 0 Å². The van der Waals surface area contributed by atoms with Crippen LogP contribution >= 0.6 is 11.9 Å². The quantitative estimate of drug-likeness (QED) is 0.369. The number of carbonyl (C=O) groups excluding carboxylic acids is 1. The summed E-state index contributed by atoms with van der Waals surface area (Å²) in [5, 5.41) is 2.37. The van der Waals surface area contributed by atoms with Gasteiger partial charge in [0, 0.05) is 4.90 Å². The van der Waals surface area contributed by atoms with Gasteiger partial charge in [-0.05, 0) is 66.7 Å². The van der Waals surface area contributed by atoms with E-state index in [0.29, 0.717) is 6.54 Å². The maximum atomic E-state index is 13.0. The lowest BCUT2D eigenvalue weighted by molar-refractivity contribution is -0.120. The zero-order valence-electron chi connectivity index (χ0n) is 16.4. The van der Waals surface area contributed by atoms with E-state index in [9.17, 15) is 4.79 Å². The molecule has 0 saturated carbocycles. The third-order valence-electron chi connectivity index (χ3n) is 4.98. The van der Waals surface area contributed by atoms with Gasteiger partial charge in [0.2, 0.25) is 5.91 Å². The van der Waals surface area contributed by atoms with Gasteiger partial charge in [0.25, 0.3) is 0 Å². The topological polar surface area (TPSA) is 55.1 Å². The van der Waals surface area contributed by atoms with Crippen LogP contribution in [0.15, 0.2) is 71.6 Å². The molecule has 3 nitrogen and oxygen atoms in total. The normalized spacial score (nSPS) is 12.1. The molecular formula is C24H28N2OS. The standard InChI is InChI=1S/C24H28N2OS/c1-18-10-14-22(15-11-18)28-26-24(27)23(9-3-2-6-16-25)21-13-12-19-7-4-5-8-20(19)17-21/h4-5,7-8,10-15,17,23H,2-3,6,9,16,25H2,1H3,(H,26,27). The smallest absolute Gasteiger partial charge is 0.237 e. The van der Waals surface area contributed by atoms with Crippen molar-refractivity contribution in [1.82, 2.24) is 4.72 Å². The minimum absolute atomic E-state index is 0.0635. The lowest BCUT2D eigenvalue weighted by Gasteiger charge is -2.17. The molecule has 1 amide bonds. The van der Waals surface area contributed by atoms with Crippen molar-refractivity contribution in [2.75, 3.05) is 6.54 Å². The molecule has 3 N–H and O–H groups in total. The molecule has 0 aliphatic carbocycles. The van der Waals surface area contributed by atoms with Crippen LogP contribution in [0.25, 0.3) is 10.8 Å². The van der Waals surface area contributed by atoms with Crippen LogP contribution in [0.2, 0.25) is 0 Å². The first-order valence-electron chi connectivity index (χ1n) is 9.89. The maximum absolute atomic E-state index is 13.0. The number of hydrogen-bond acceptors (Lipinski definition) is 3. The first-order chi connectivity index (χ1) is 13.7. The Hall–Kier alpha value is -2.30. The Balaban J connectivity index is 1.74. The van der Waals surface area contributed by atoms with Crippen LogP contribution in [-0.2, 0) is 4.79 Å². The molecule has 0 saturated heterocycles. The van der Waals surface area contributed by atoms with Crippen molar-refractivity contribution in [3.8, 4) is 0 Å². The molecule has 146 valence electrons. The Kier molecular flexibility index (Phi) is 7.52. The van der Waals surface area contributed by atoms with Gasteiger partial charge >= 0.3 is 0 Å². The fourth-order valence-electron chi connectivity index (χ4n) is 3.33. The molecule has 1 unspecified atom stereocenters. The predicted octanol–water partition coefficient (Wildman–Crippen LogP) is 5.57. The van der Waals surface area contributed by atoms with Gasteiger partial charge in [-0.1, -0.05) is 73.0 Å². The maximum Gasteiger partial charge on any atom is 0.237 e. The summed E-state index contributed by atoms with van der Waals surface area (Å²) in [4.78, 5) is 14.1. The molecule has 0 aliphatic heterocycles. The Labute approximate surface area is 171 Å². The number of amides is 1. The number of benzene rings is 3. The van der Waals surface area contributed by atoms with Crippen LogP contribution in [0.5, 0.6) is 0 Å². The summed E-state index contributed by atoms with van der Waals surface area (Å²) in [5.74, 6) is -0.0890. The minimum atomic E-state index is -0.152. The summed E-state index contributed by atoms with van der Waals surface area (Å²) in [6.07, 6.45) is 3.89. The Morgan fingerprint density at radius 1 is 0.964 bits per heavy atom. The van der Waals surface area contributed by atoms with E-state index >= 15 is 0 Å². The molecule has 3 aromatic rings. The first-order valence-corrected chi connectivity index (χ1v) is 10.7. The SMILES string of the molecule is Cc1ccc(SNC(=O)C(CCCCCN)c2ccc3ccccc3c2)cc1. The van der Waals surface area contributed by atoms with Crippen LogP contribution in [0.4, 0.5) is 0 Å². The summed E-state index contributed by atoms with van der Waals surface area (Å²) in [6, 6.07) is 22.8. The number of carbonyl (C=O) groups is 1. The second-order valence-corrected chi connectivity index (χ2v) is 8.06. The summed E-state index contributed by atoms with van der Waals surface area (Å²) in [7, 11) is 0. The zero-order valence-corrected chi connectivity index (χ0v) is 17.2. The van der Waals surface area contributed by atoms with Crippen molar-refractivity contribution in [3.05, 3.63) is 77.9 Å². The van der Waals surface area contributed by atoms with E-state index in [1.165, 1.54) is 28.3 Å². The molecule has 0 spiro atoms. The van der Waals surface area contributed by atoms with Gasteiger partial charge in [0.15, 0.2) is 0 Å². The zero-order chi connectivity index (χ0) is 19.8. The molecule has 28 heavy (non-hydrogen) atoms. The summed E-state index contributed by atoms with van der Waals surface area (Å²) >= 11 is 1.39. The van der Waals surface area contributed by atoms with Gasteiger partial charge in [-0.25, -0.2) is 0 Å². The molecule has 0 heterocycles. The number of fused-ring (bicyclic) bond motifs is 1. The largest absolute Gasteiger partial charge is 0.330 e. The van der Waals surface area contributed by atoms with Crippen molar-refractivity contribution in [1.29, 1.82) is 0 Å². The van der Waals surface area contributed by atoms with Gasteiger partial charge in [0.05, 0.1) is 5.92 Å². The van der Waals surface area contributed by atoms with E-state index in [2.05, 4.69) is 54.1 Å². The number of rotatable bonds is 9. The van der Waals surface area contributed by atoms with E-state index in [1.54, 1.807) is 0 Å². The molecule has 3 rings (SSSR count). The highest BCUT2D eigenvalue weighted by molar-refractivity contribution is 7.98. The van der Waals surface area contributed by atoms with Gasteiger partial charge in [-0.3, -0.25) is 9.52 Å². The number of hydrogen-bond donors (Lipinski definition) is 2. The third-order valence-corrected chi connectivity index (χ3v) is 5.79. The molecule has 0 fully saturated rings. The molecule has 0 aliphatic rings. The van der Waals surface area contributed by atoms with Gasteiger partial charge < -0.3 is 5.73 Å². The minimum Gasteiger partial charge on any atom is -0.330 e. The second-order valence-electron chi connectivity index (χ2n) is 7.18. The van der Waals surface area contributed by atoms with Gasteiger partial charge in [0.1, 0.15) is 0 Å². The molecule has 4 heteroatoms. The summed E-state index contributed by atoms with van der Waals surface area (Å²) in [5.41, 5.74) is 7.91. The molecule has 0 bridgehead atoms. The number of nitrogens with two attached hydrogens (primary N) is 1. The molecule has 0 aromatic heterocycles. The highest BCUT2D eigenvalue weighted by Gasteiger charge is 2.21. The fourth-order valence-corrected chi connectivity index (χ4v) is 3.96. The van der Waals surface area contributed by atoms with E-state index < -0.39 is 0 Å². The number of nitrogens with one attached hydrogen (secondary N) is 1. The number of unbranched alkanes of at least 4 members (excludes halogenated alkanes) is 2. The number of aryl methyl sites for hydroxylation is 1. The highest BCUT2D eigenvalue weighted by Crippen LogP contribution is 2.28. The molecule has 3 aromatic carbocycles. The van der Waals surface area contributed by atoms with E-state index in [-0.39, 0.29) is 11.8 Å². The Morgan fingerprint density at radius 2 is 1.71 bits per heavy atom. The average molecular weight is 393 g/mol. The second kappa shape index (κ2) is 10.3. The summed E-state index contributed by atoms with van der Waals surface area (Å²) in [6.45, 7) is 2.76. The summed E-state index contributed by atoms with van der Waals surface area (Å²) < 4.78 is 3.06. The monoisotopic (exact) mass is 392 g/mol. The highest BCUT2D eigenvalue weighted by atomic mass is 32.2. The van der Waals surface area contributed by atoms with Crippen molar-refractivity contribution >= 4 is 28.6 Å². The van der Waals surface area contributed by atoms with Crippen molar-refractivity contribution in [2.24, 2.45) is 5.73 Å². The van der Waals surface area contributed by atoms with Gasteiger partial charge in [-0.15, -0.1) is 0 Å².